The number of unbranched alkanes of at least 4 members (excludes halogenated alkanes) is 3. The monoisotopic (exact) mass is 742 g/mol. The van der Waals surface area contributed by atoms with E-state index < -0.39 is 12.2 Å². The topological polar surface area (TPSA) is 121 Å². The fraction of sp³-hybridized carbons (Fsp3) is 0.455. The Labute approximate surface area is 318 Å². The first-order valence-electron chi connectivity index (χ1n) is 19.2. The quantitative estimate of drug-likeness (QED) is 0.0540. The molecular formula is C44H54O10. The van der Waals surface area contributed by atoms with E-state index in [1.54, 1.807) is 0 Å². The van der Waals surface area contributed by atoms with Gasteiger partial charge >= 0.3 is 0 Å². The first kappa shape index (κ1) is 39.5. The van der Waals surface area contributed by atoms with Crippen molar-refractivity contribution in [3.05, 3.63) is 119 Å². The van der Waals surface area contributed by atoms with Crippen LogP contribution in [-0.4, -0.2) is 101 Å². The highest BCUT2D eigenvalue weighted by Gasteiger charge is 2.23. The summed E-state index contributed by atoms with van der Waals surface area (Å²) in [7, 11) is 0. The van der Waals surface area contributed by atoms with Crippen molar-refractivity contribution in [3.63, 3.8) is 0 Å². The Morgan fingerprint density at radius 1 is 0.444 bits per heavy atom. The minimum Gasteiger partial charge on any atom is -0.491 e. The molecule has 4 unspecified atom stereocenters. The molecule has 4 atom stereocenters. The molecule has 2 N–H and O–H groups in total. The first-order chi connectivity index (χ1) is 26.5. The van der Waals surface area contributed by atoms with Crippen LogP contribution in [0.1, 0.15) is 47.9 Å². The molecule has 0 spiro atoms. The second kappa shape index (κ2) is 21.7. The Morgan fingerprint density at radius 3 is 1.07 bits per heavy atom. The van der Waals surface area contributed by atoms with Crippen LogP contribution in [0, 0.1) is 0 Å². The van der Waals surface area contributed by atoms with Crippen molar-refractivity contribution in [1.29, 1.82) is 0 Å². The summed E-state index contributed by atoms with van der Waals surface area (Å²) in [4.78, 5) is 0. The lowest BCUT2D eigenvalue weighted by Gasteiger charge is -2.14. The van der Waals surface area contributed by atoms with E-state index in [9.17, 15) is 10.2 Å². The molecule has 0 saturated carbocycles. The van der Waals surface area contributed by atoms with Gasteiger partial charge in [-0.2, -0.15) is 0 Å². The molecule has 4 aromatic rings. The Balaban J connectivity index is 0.721. The summed E-state index contributed by atoms with van der Waals surface area (Å²) in [5.41, 5.74) is 4.77. The van der Waals surface area contributed by atoms with E-state index in [1.807, 2.05) is 72.8 Å². The number of hydrogen-bond donors (Lipinski definition) is 2. The maximum atomic E-state index is 10.3. The molecule has 2 saturated heterocycles. The van der Waals surface area contributed by atoms with Crippen LogP contribution in [0.25, 0.3) is 0 Å². The summed E-state index contributed by atoms with van der Waals surface area (Å²) in [6.45, 7) is 4.80. The van der Waals surface area contributed by atoms with E-state index in [0.717, 1.165) is 74.7 Å². The summed E-state index contributed by atoms with van der Waals surface area (Å²) in [5.74, 6) is 3.16. The molecule has 54 heavy (non-hydrogen) atoms. The zero-order valence-electron chi connectivity index (χ0n) is 31.0. The van der Waals surface area contributed by atoms with Gasteiger partial charge in [-0.1, -0.05) is 61.4 Å². The van der Waals surface area contributed by atoms with Gasteiger partial charge in [0, 0.05) is 13.2 Å². The predicted octanol–water partition coefficient (Wildman–Crippen LogP) is 6.20. The fourth-order valence-electron chi connectivity index (χ4n) is 5.67. The zero-order chi connectivity index (χ0) is 37.2. The molecule has 0 bridgehead atoms. The van der Waals surface area contributed by atoms with Crippen molar-refractivity contribution >= 4 is 0 Å². The Morgan fingerprint density at radius 2 is 0.759 bits per heavy atom. The summed E-state index contributed by atoms with van der Waals surface area (Å²) >= 11 is 0. The van der Waals surface area contributed by atoms with Crippen LogP contribution >= 0.6 is 0 Å². The highest BCUT2D eigenvalue weighted by atomic mass is 16.6. The van der Waals surface area contributed by atoms with Crippen LogP contribution in [0.4, 0.5) is 0 Å². The van der Waals surface area contributed by atoms with Gasteiger partial charge in [0.2, 0.25) is 0 Å². The van der Waals surface area contributed by atoms with Crippen molar-refractivity contribution in [3.8, 4) is 23.0 Å². The van der Waals surface area contributed by atoms with Crippen LogP contribution < -0.4 is 18.9 Å². The van der Waals surface area contributed by atoms with Crippen LogP contribution in [-0.2, 0) is 31.8 Å². The molecule has 0 aliphatic carbocycles. The third-order valence-corrected chi connectivity index (χ3v) is 9.02. The average molecular weight is 743 g/mol. The highest BCUT2D eigenvalue weighted by Crippen LogP contribution is 2.21. The molecule has 2 fully saturated rings. The van der Waals surface area contributed by atoms with E-state index in [0.29, 0.717) is 26.4 Å². The van der Waals surface area contributed by atoms with E-state index >= 15 is 0 Å². The molecule has 290 valence electrons. The van der Waals surface area contributed by atoms with Gasteiger partial charge in [0.05, 0.1) is 26.4 Å². The summed E-state index contributed by atoms with van der Waals surface area (Å²) in [6, 6.07) is 32.2. The van der Waals surface area contributed by atoms with Crippen LogP contribution in [0.3, 0.4) is 0 Å². The maximum Gasteiger partial charge on any atom is 0.119 e. The normalized spacial score (nSPS) is 17.1. The molecule has 0 amide bonds. The highest BCUT2D eigenvalue weighted by molar-refractivity contribution is 5.35. The second-order valence-corrected chi connectivity index (χ2v) is 14.0. The predicted molar refractivity (Wildman–Crippen MR) is 205 cm³/mol. The second-order valence-electron chi connectivity index (χ2n) is 14.0. The first-order valence-corrected chi connectivity index (χ1v) is 19.2. The number of aliphatic hydroxyl groups excluding tert-OH is 2. The average Bonchev–Trinajstić information content (AvgIpc) is 4.14. The van der Waals surface area contributed by atoms with Gasteiger partial charge in [-0.05, 0) is 96.5 Å². The molecule has 6 rings (SSSR count). The van der Waals surface area contributed by atoms with Gasteiger partial charge in [-0.3, -0.25) is 0 Å². The molecule has 2 aliphatic heterocycles. The van der Waals surface area contributed by atoms with E-state index in [1.165, 1.54) is 22.3 Å². The minimum absolute atomic E-state index is 0.178. The Bertz CT molecular complexity index is 1480. The third-order valence-electron chi connectivity index (χ3n) is 9.02. The van der Waals surface area contributed by atoms with Crippen molar-refractivity contribution in [1.82, 2.24) is 0 Å². The number of rotatable bonds is 27. The molecule has 0 radical (unpaired) electrons. The lowest BCUT2D eigenvalue weighted by atomic mass is 10.0. The summed E-state index contributed by atoms with van der Waals surface area (Å²) in [5, 5.41) is 20.6. The molecule has 10 nitrogen and oxygen atoms in total. The van der Waals surface area contributed by atoms with Gasteiger partial charge in [-0.25, -0.2) is 0 Å². The van der Waals surface area contributed by atoms with E-state index in [-0.39, 0.29) is 38.6 Å². The van der Waals surface area contributed by atoms with Crippen LogP contribution in [0.15, 0.2) is 97.1 Å². The SMILES string of the molecule is OC(COCCCCCCOCC(O)COc1ccc(Cc2ccc(OCC3CO3)cc2)cc1)COc1ccc(Cc2ccc(OCC3CO3)cc2)cc1. The third kappa shape index (κ3) is 15.3. The minimum atomic E-state index is -0.692. The van der Waals surface area contributed by atoms with Gasteiger partial charge in [0.25, 0.3) is 0 Å². The lowest BCUT2D eigenvalue weighted by molar-refractivity contribution is 0.00824. The van der Waals surface area contributed by atoms with Gasteiger partial charge in [0.1, 0.15) is 73.8 Å². The molecular weight excluding hydrogens is 688 g/mol. The van der Waals surface area contributed by atoms with Crippen LogP contribution in [0.5, 0.6) is 23.0 Å². The van der Waals surface area contributed by atoms with Gasteiger partial charge in [0.15, 0.2) is 0 Å². The summed E-state index contributed by atoms with van der Waals surface area (Å²) in [6.07, 6.45) is 4.59. The number of aliphatic hydroxyl groups is 2. The Kier molecular flexibility index (Phi) is 15.9. The number of ether oxygens (including phenoxy) is 8. The zero-order valence-corrected chi connectivity index (χ0v) is 31.0. The van der Waals surface area contributed by atoms with Crippen molar-refractivity contribution in [2.24, 2.45) is 0 Å². The molecule has 2 heterocycles. The molecule has 10 heteroatoms. The number of hydrogen-bond acceptors (Lipinski definition) is 10. The lowest BCUT2D eigenvalue weighted by Crippen LogP contribution is -2.23. The molecule has 4 aromatic carbocycles. The Hall–Kier alpha value is -4.16. The maximum absolute atomic E-state index is 10.3. The molecule has 2 aliphatic rings. The van der Waals surface area contributed by atoms with Crippen molar-refractivity contribution < 1.29 is 48.1 Å². The van der Waals surface area contributed by atoms with Gasteiger partial charge in [-0.15, -0.1) is 0 Å². The number of epoxide rings is 2. The summed E-state index contributed by atoms with van der Waals surface area (Å²) < 4.78 is 44.6. The van der Waals surface area contributed by atoms with Crippen LogP contribution in [0.2, 0.25) is 0 Å². The standard InChI is InChI=1S/C44H54O10/c45-37(27-49-39-13-5-33(6-14-39)23-35-9-17-41(18-10-35)51-29-43-31-53-43)25-47-21-3-1-2-4-22-48-26-38(46)28-50-40-15-7-34(8-16-40)24-36-11-19-42(20-12-36)52-30-44-32-54-44/h5-20,37-38,43-46H,1-4,21-32H2. The van der Waals surface area contributed by atoms with Crippen molar-refractivity contribution in [2.75, 3.05) is 66.1 Å². The smallest absolute Gasteiger partial charge is 0.119 e. The largest absolute Gasteiger partial charge is 0.491 e. The molecule has 0 aromatic heterocycles. The van der Waals surface area contributed by atoms with Gasteiger partial charge < -0.3 is 48.1 Å². The van der Waals surface area contributed by atoms with Crippen molar-refractivity contribution in [2.45, 2.75) is 62.9 Å². The number of benzene rings is 4. The van der Waals surface area contributed by atoms with E-state index in [4.69, 9.17) is 37.9 Å². The van der Waals surface area contributed by atoms with E-state index in [2.05, 4.69) is 24.3 Å². The fourth-order valence-corrected chi connectivity index (χ4v) is 5.67.